The smallest absolute Gasteiger partial charge is 0.339 e. The van der Waals surface area contributed by atoms with Crippen LogP contribution >= 0.6 is 0 Å². The van der Waals surface area contributed by atoms with Crippen LogP contribution in [-0.2, 0) is 4.79 Å². The van der Waals surface area contributed by atoms with Crippen molar-refractivity contribution in [2.45, 2.75) is 20.8 Å². The van der Waals surface area contributed by atoms with Crippen LogP contribution < -0.4 is 0 Å². The van der Waals surface area contributed by atoms with Crippen molar-refractivity contribution in [2.75, 3.05) is 0 Å². The third-order valence-corrected chi connectivity index (χ3v) is 3.10. The highest BCUT2D eigenvalue weighted by atomic mass is 16.5. The quantitative estimate of drug-likeness (QED) is 0.840. The van der Waals surface area contributed by atoms with E-state index in [2.05, 4.69) is 5.16 Å². The van der Waals surface area contributed by atoms with E-state index in [-0.39, 0.29) is 17.1 Å². The van der Waals surface area contributed by atoms with Crippen molar-refractivity contribution < 1.29 is 19.5 Å². The van der Waals surface area contributed by atoms with Crippen LogP contribution in [0.4, 0.5) is 0 Å². The lowest BCUT2D eigenvalue weighted by Gasteiger charge is -2.07. The first kappa shape index (κ1) is 13.9. The molecule has 0 saturated carbocycles. The number of aryl methyl sites for hydroxylation is 2. The van der Waals surface area contributed by atoms with Crippen LogP contribution in [0.15, 0.2) is 22.7 Å². The zero-order valence-corrected chi connectivity index (χ0v) is 11.5. The highest BCUT2D eigenvalue weighted by molar-refractivity contribution is 6.19. The summed E-state index contributed by atoms with van der Waals surface area (Å²) < 4.78 is 4.99. The predicted octanol–water partition coefficient (Wildman–Crippen LogP) is 2.93. The van der Waals surface area contributed by atoms with Crippen LogP contribution in [0.3, 0.4) is 0 Å². The van der Waals surface area contributed by atoms with Gasteiger partial charge in [0, 0.05) is 6.07 Å². The van der Waals surface area contributed by atoms with E-state index in [9.17, 15) is 15.0 Å². The minimum absolute atomic E-state index is 0.00282. The molecule has 0 saturated heterocycles. The summed E-state index contributed by atoms with van der Waals surface area (Å²) in [5.41, 5.74) is 2.60. The maximum absolute atomic E-state index is 11.4. The molecule has 1 heterocycles. The highest BCUT2D eigenvalue weighted by Gasteiger charge is 2.16. The molecule has 0 radical (unpaired) electrons. The highest BCUT2D eigenvalue weighted by Crippen LogP contribution is 2.28. The molecule has 1 aromatic carbocycles. The minimum atomic E-state index is -1.11. The van der Waals surface area contributed by atoms with Gasteiger partial charge in [-0.3, -0.25) is 0 Å². The van der Waals surface area contributed by atoms with Gasteiger partial charge in [-0.15, -0.1) is 0 Å². The number of aliphatic carboxylic acids is 1. The molecule has 5 nitrogen and oxygen atoms in total. The number of aromatic nitrogens is 1. The Kier molecular flexibility index (Phi) is 3.61. The Hall–Kier alpha value is -2.56. The van der Waals surface area contributed by atoms with Crippen molar-refractivity contribution in [3.05, 3.63) is 46.3 Å². The molecule has 0 amide bonds. The van der Waals surface area contributed by atoms with Gasteiger partial charge in [0.1, 0.15) is 11.3 Å². The van der Waals surface area contributed by atoms with Gasteiger partial charge < -0.3 is 14.7 Å². The van der Waals surface area contributed by atoms with Gasteiger partial charge in [-0.2, -0.15) is 0 Å². The Labute approximate surface area is 116 Å². The molecule has 1 aromatic heterocycles. The van der Waals surface area contributed by atoms with Crippen LogP contribution in [0.1, 0.15) is 28.1 Å². The lowest BCUT2D eigenvalue weighted by Crippen LogP contribution is -1.99. The van der Waals surface area contributed by atoms with Gasteiger partial charge in [0.25, 0.3) is 0 Å². The van der Waals surface area contributed by atoms with Crippen molar-refractivity contribution in [3.8, 4) is 5.75 Å². The number of hydrogen-bond donors (Lipinski definition) is 2. The summed E-state index contributed by atoms with van der Waals surface area (Å²) in [4.78, 5) is 11.4. The zero-order valence-electron chi connectivity index (χ0n) is 11.5. The van der Waals surface area contributed by atoms with Crippen LogP contribution in [0.2, 0.25) is 0 Å². The summed E-state index contributed by atoms with van der Waals surface area (Å²) in [5.74, 6) is -0.757. The summed E-state index contributed by atoms with van der Waals surface area (Å²) in [6.45, 7) is 5.24. The van der Waals surface area contributed by atoms with Crippen molar-refractivity contribution in [1.29, 1.82) is 0 Å². The molecule has 2 aromatic rings. The van der Waals surface area contributed by atoms with E-state index in [1.54, 1.807) is 39.0 Å². The van der Waals surface area contributed by atoms with Gasteiger partial charge in [0.2, 0.25) is 0 Å². The van der Waals surface area contributed by atoms with Gasteiger partial charge in [-0.1, -0.05) is 17.3 Å². The van der Waals surface area contributed by atoms with Crippen molar-refractivity contribution in [3.63, 3.8) is 0 Å². The molecule has 0 atom stereocenters. The fourth-order valence-electron chi connectivity index (χ4n) is 1.89. The second-order valence-electron chi connectivity index (χ2n) is 4.64. The molecule has 0 unspecified atom stereocenters. The molecule has 5 heteroatoms. The fraction of sp³-hybridized carbons (Fsp3) is 0.200. The van der Waals surface area contributed by atoms with E-state index in [1.807, 2.05) is 0 Å². The minimum Gasteiger partial charge on any atom is -0.507 e. The molecule has 0 spiro atoms. The summed E-state index contributed by atoms with van der Waals surface area (Å²) in [5, 5.41) is 22.9. The predicted molar refractivity (Wildman–Crippen MR) is 74.3 cm³/mol. The number of carbonyl (C=O) groups is 1. The fourth-order valence-corrected chi connectivity index (χ4v) is 1.89. The number of carboxylic acid groups (broad SMARTS) is 1. The molecule has 0 bridgehead atoms. The third-order valence-electron chi connectivity index (χ3n) is 3.10. The Balaban J connectivity index is 2.55. The first-order valence-corrected chi connectivity index (χ1v) is 6.08. The Morgan fingerprint density at radius 2 is 2.00 bits per heavy atom. The molecular formula is C15H15NO4. The lowest BCUT2D eigenvalue weighted by molar-refractivity contribution is -0.130. The van der Waals surface area contributed by atoms with E-state index in [0.29, 0.717) is 16.8 Å². The lowest BCUT2D eigenvalue weighted by atomic mass is 10.0. The van der Waals surface area contributed by atoms with Crippen molar-refractivity contribution in [1.82, 2.24) is 5.16 Å². The normalized spacial score (nSPS) is 11.7. The van der Waals surface area contributed by atoms with E-state index in [4.69, 9.17) is 4.52 Å². The second-order valence-corrected chi connectivity index (χ2v) is 4.64. The standard InChI is InChI=1S/C15H15NO4/c1-8-4-5-11(10(3)14(8)17)7-12(15(18)19)13-6-9(2)16-20-13/h4-7,17H,1-3H3,(H,18,19)/b12-7-. The van der Waals surface area contributed by atoms with Crippen molar-refractivity contribution in [2.24, 2.45) is 0 Å². The number of hydrogen-bond acceptors (Lipinski definition) is 4. The van der Waals surface area contributed by atoms with E-state index in [1.165, 1.54) is 6.08 Å². The third kappa shape index (κ3) is 2.56. The molecule has 2 N–H and O–H groups in total. The van der Waals surface area contributed by atoms with Crippen LogP contribution in [0.25, 0.3) is 11.6 Å². The summed E-state index contributed by atoms with van der Waals surface area (Å²) in [6.07, 6.45) is 1.47. The number of carboxylic acids is 1. The molecule has 0 fully saturated rings. The topological polar surface area (TPSA) is 83.6 Å². The summed E-state index contributed by atoms with van der Waals surface area (Å²) in [6, 6.07) is 5.05. The first-order valence-electron chi connectivity index (χ1n) is 6.08. The monoisotopic (exact) mass is 273 g/mol. The Bertz CT molecular complexity index is 698. The maximum Gasteiger partial charge on any atom is 0.339 e. The molecule has 20 heavy (non-hydrogen) atoms. The van der Waals surface area contributed by atoms with Crippen LogP contribution in [-0.4, -0.2) is 21.3 Å². The van der Waals surface area contributed by atoms with Gasteiger partial charge in [0.15, 0.2) is 5.76 Å². The number of nitrogens with zero attached hydrogens (tertiary/aromatic N) is 1. The maximum atomic E-state index is 11.4. The molecule has 104 valence electrons. The average molecular weight is 273 g/mol. The Morgan fingerprint density at radius 3 is 2.55 bits per heavy atom. The molecule has 0 aliphatic heterocycles. The van der Waals surface area contributed by atoms with Gasteiger partial charge in [0.05, 0.1) is 5.69 Å². The molecule has 0 aliphatic carbocycles. The van der Waals surface area contributed by atoms with E-state index < -0.39 is 5.97 Å². The number of phenols is 1. The SMILES string of the molecule is Cc1cc(/C(=C/c2ccc(C)c(O)c2C)C(=O)O)on1. The van der Waals surface area contributed by atoms with Gasteiger partial charge in [-0.25, -0.2) is 4.79 Å². The number of benzene rings is 1. The number of aromatic hydroxyl groups is 1. The van der Waals surface area contributed by atoms with Gasteiger partial charge >= 0.3 is 5.97 Å². The number of rotatable bonds is 3. The largest absolute Gasteiger partial charge is 0.507 e. The summed E-state index contributed by atoms with van der Waals surface area (Å²) >= 11 is 0. The second kappa shape index (κ2) is 5.21. The summed E-state index contributed by atoms with van der Waals surface area (Å²) in [7, 11) is 0. The van der Waals surface area contributed by atoms with Crippen LogP contribution in [0.5, 0.6) is 5.75 Å². The van der Waals surface area contributed by atoms with Gasteiger partial charge in [-0.05, 0) is 43.5 Å². The molecule has 2 rings (SSSR count). The van der Waals surface area contributed by atoms with E-state index in [0.717, 1.165) is 5.56 Å². The average Bonchev–Trinajstić information content (AvgIpc) is 2.81. The van der Waals surface area contributed by atoms with Crippen LogP contribution in [0, 0.1) is 20.8 Å². The molecule has 0 aliphatic rings. The molecular weight excluding hydrogens is 258 g/mol. The Morgan fingerprint density at radius 1 is 1.30 bits per heavy atom. The first-order chi connectivity index (χ1) is 9.40. The van der Waals surface area contributed by atoms with Crippen molar-refractivity contribution >= 4 is 17.6 Å². The zero-order chi connectivity index (χ0) is 14.9. The number of phenolic OH excluding ortho intramolecular Hbond substituents is 1. The van der Waals surface area contributed by atoms with E-state index >= 15 is 0 Å².